The van der Waals surface area contributed by atoms with Gasteiger partial charge >= 0.3 is 13.3 Å². The minimum absolute atomic E-state index is 0.0942. The van der Waals surface area contributed by atoms with Crippen molar-refractivity contribution in [2.75, 3.05) is 0 Å². The lowest BCUT2D eigenvalue weighted by atomic mass is 10.1. The van der Waals surface area contributed by atoms with Crippen LogP contribution < -0.4 is 0 Å². The predicted molar refractivity (Wildman–Crippen MR) is 129 cm³/mol. The molecule has 0 aliphatic heterocycles. The fourth-order valence-electron chi connectivity index (χ4n) is 3.08. The Balaban J connectivity index is 1.70. The number of halogens is 3. The molecule has 5 nitrogen and oxygen atoms in total. The van der Waals surface area contributed by atoms with Crippen molar-refractivity contribution in [1.29, 1.82) is 0 Å². The number of rotatable bonds is 9. The first-order valence-electron chi connectivity index (χ1n) is 9.56. The van der Waals surface area contributed by atoms with Gasteiger partial charge in [0.25, 0.3) is 0 Å². The molecule has 0 aliphatic carbocycles. The Hall–Kier alpha value is -1.55. The number of thioether (sulfide) groups is 1. The third-order valence-corrected chi connectivity index (χ3v) is 9.18. The third-order valence-electron chi connectivity index (χ3n) is 4.82. The van der Waals surface area contributed by atoms with Crippen molar-refractivity contribution in [2.24, 2.45) is 0 Å². The van der Waals surface area contributed by atoms with E-state index in [1.165, 1.54) is 23.9 Å². The molecule has 0 saturated carbocycles. The van der Waals surface area contributed by atoms with Crippen LogP contribution >= 0.6 is 35.3 Å². The normalized spacial score (nSPS) is 12.6. The van der Waals surface area contributed by atoms with Crippen LogP contribution in [0, 0.1) is 0 Å². The Morgan fingerprint density at radius 3 is 2.12 bits per heavy atom. The number of benzene rings is 3. The fourth-order valence-corrected chi connectivity index (χ4v) is 6.87. The fraction of sp³-hybridized carbons (Fsp3) is 0.182. The smallest absolute Gasteiger partial charge is 0.320 e. The molecule has 0 aliphatic rings. The molecule has 0 atom stereocenters. The van der Waals surface area contributed by atoms with Gasteiger partial charge in [-0.1, -0.05) is 70.5 Å². The van der Waals surface area contributed by atoms with Gasteiger partial charge in [0.05, 0.1) is 10.6 Å². The summed E-state index contributed by atoms with van der Waals surface area (Å²) in [6.45, 7) is 0. The first-order valence-corrected chi connectivity index (χ1v) is 14.8. The van der Waals surface area contributed by atoms with Crippen LogP contribution in [0.25, 0.3) is 0 Å². The maximum absolute atomic E-state index is 14.0. The first kappa shape index (κ1) is 26.1. The van der Waals surface area contributed by atoms with Crippen molar-refractivity contribution >= 4 is 45.1 Å². The van der Waals surface area contributed by atoms with E-state index in [1.807, 2.05) is 12.1 Å². The molecule has 3 aromatic rings. The van der Waals surface area contributed by atoms with Gasteiger partial charge in [-0.05, 0) is 34.9 Å². The molecular weight excluding hydrogens is 557 g/mol. The Labute approximate surface area is 203 Å². The van der Waals surface area contributed by atoms with Crippen molar-refractivity contribution in [3.63, 3.8) is 0 Å². The maximum atomic E-state index is 14.0. The van der Waals surface area contributed by atoms with E-state index in [1.54, 1.807) is 42.5 Å². The van der Waals surface area contributed by atoms with Crippen molar-refractivity contribution in [1.82, 2.24) is 0 Å². The highest BCUT2D eigenvalue weighted by molar-refractivity contribution is 9.10. The van der Waals surface area contributed by atoms with Crippen molar-refractivity contribution < 1.29 is 31.6 Å². The first-order chi connectivity index (χ1) is 15.4. The Bertz CT molecular complexity index is 1280. The van der Waals surface area contributed by atoms with Gasteiger partial charge in [0.15, 0.2) is 9.84 Å². The Kier molecular flexibility index (Phi) is 8.19. The van der Waals surface area contributed by atoms with Crippen LogP contribution in [0.15, 0.2) is 82.2 Å². The predicted octanol–water partition coefficient (Wildman–Crippen LogP) is 6.08. The summed E-state index contributed by atoms with van der Waals surface area (Å²) in [5, 5.41) is 0. The highest BCUT2D eigenvalue weighted by atomic mass is 79.9. The molecule has 2 N–H and O–H groups in total. The average molecular weight is 577 g/mol. The molecule has 0 amide bonds. The largest absolute Gasteiger partial charge is 0.399 e. The molecule has 0 fully saturated rings. The van der Waals surface area contributed by atoms with Crippen LogP contribution in [0.1, 0.15) is 22.3 Å². The number of hydrogen-bond donors (Lipinski definition) is 2. The third kappa shape index (κ3) is 6.32. The SMILES string of the molecule is O=P(O)(O)C(F)(F)c1ccc(CSCc2ccccc2CS(=O)(=O)c2ccccc2)cc1Br. The quantitative estimate of drug-likeness (QED) is 0.300. The minimum Gasteiger partial charge on any atom is -0.320 e. The minimum atomic E-state index is -5.66. The second-order valence-corrected chi connectivity index (χ2v) is 12.7. The molecule has 0 spiro atoms. The zero-order chi connectivity index (χ0) is 24.3. The molecule has 0 heterocycles. The average Bonchev–Trinajstić information content (AvgIpc) is 2.74. The summed E-state index contributed by atoms with van der Waals surface area (Å²) in [6.07, 6.45) is 0. The van der Waals surface area contributed by atoms with Gasteiger partial charge in [-0.2, -0.15) is 20.5 Å². The zero-order valence-corrected chi connectivity index (χ0v) is 21.2. The van der Waals surface area contributed by atoms with Crippen molar-refractivity contribution in [3.05, 3.63) is 99.5 Å². The van der Waals surface area contributed by atoms with Gasteiger partial charge in [-0.25, -0.2) is 8.42 Å². The molecule has 11 heteroatoms. The molecule has 0 aromatic heterocycles. The summed E-state index contributed by atoms with van der Waals surface area (Å²) in [6, 6.07) is 19.2. The van der Waals surface area contributed by atoms with Crippen LogP contribution in [0.5, 0.6) is 0 Å². The van der Waals surface area contributed by atoms with E-state index in [0.717, 1.165) is 11.6 Å². The summed E-state index contributed by atoms with van der Waals surface area (Å²) in [5.41, 5.74) is -2.86. The lowest BCUT2D eigenvalue weighted by Crippen LogP contribution is -2.14. The van der Waals surface area contributed by atoms with Gasteiger partial charge in [-0.15, -0.1) is 0 Å². The van der Waals surface area contributed by atoms with Crippen LogP contribution in [0.4, 0.5) is 8.78 Å². The number of sulfone groups is 1. The van der Waals surface area contributed by atoms with E-state index in [-0.39, 0.29) is 15.1 Å². The topological polar surface area (TPSA) is 91.7 Å². The Morgan fingerprint density at radius 1 is 0.909 bits per heavy atom. The molecule has 3 rings (SSSR count). The van der Waals surface area contributed by atoms with E-state index < -0.39 is 28.7 Å². The molecule has 0 saturated heterocycles. The highest BCUT2D eigenvalue weighted by Crippen LogP contribution is 2.60. The van der Waals surface area contributed by atoms with E-state index in [2.05, 4.69) is 15.9 Å². The van der Waals surface area contributed by atoms with Crippen LogP contribution in [0.2, 0.25) is 0 Å². The van der Waals surface area contributed by atoms with Gasteiger partial charge in [-0.3, -0.25) is 4.57 Å². The lowest BCUT2D eigenvalue weighted by molar-refractivity contribution is 0.0557. The van der Waals surface area contributed by atoms with Gasteiger partial charge in [0.1, 0.15) is 0 Å². The molecule has 176 valence electrons. The summed E-state index contributed by atoms with van der Waals surface area (Å²) in [4.78, 5) is 18.1. The molecule has 0 bridgehead atoms. The zero-order valence-electron chi connectivity index (χ0n) is 17.1. The van der Waals surface area contributed by atoms with Gasteiger partial charge < -0.3 is 9.79 Å². The van der Waals surface area contributed by atoms with Crippen molar-refractivity contribution in [2.45, 2.75) is 27.8 Å². The summed E-state index contributed by atoms with van der Waals surface area (Å²) >= 11 is 4.45. The van der Waals surface area contributed by atoms with Crippen LogP contribution in [-0.2, 0) is 37.3 Å². The van der Waals surface area contributed by atoms with E-state index in [4.69, 9.17) is 9.79 Å². The van der Waals surface area contributed by atoms with E-state index in [0.29, 0.717) is 22.6 Å². The molecule has 0 unspecified atom stereocenters. The summed E-state index contributed by atoms with van der Waals surface area (Å²) in [5.74, 6) is 0.796. The molecule has 33 heavy (non-hydrogen) atoms. The number of alkyl halides is 2. The second-order valence-electron chi connectivity index (χ2n) is 7.23. The van der Waals surface area contributed by atoms with Gasteiger partial charge in [0.2, 0.25) is 0 Å². The lowest BCUT2D eigenvalue weighted by Gasteiger charge is -2.19. The summed E-state index contributed by atoms with van der Waals surface area (Å²) < 4.78 is 64.5. The summed E-state index contributed by atoms with van der Waals surface area (Å²) in [7, 11) is -9.16. The van der Waals surface area contributed by atoms with Gasteiger partial charge in [0, 0.05) is 21.5 Å². The van der Waals surface area contributed by atoms with Crippen molar-refractivity contribution in [3.8, 4) is 0 Å². The highest BCUT2D eigenvalue weighted by Gasteiger charge is 2.51. The van der Waals surface area contributed by atoms with E-state index in [9.17, 15) is 21.8 Å². The molecule has 3 aromatic carbocycles. The Morgan fingerprint density at radius 2 is 1.52 bits per heavy atom. The maximum Gasteiger partial charge on any atom is 0.399 e. The molecule has 0 radical (unpaired) electrons. The number of hydrogen-bond acceptors (Lipinski definition) is 4. The second kappa shape index (κ2) is 10.4. The monoisotopic (exact) mass is 576 g/mol. The standard InChI is InChI=1S/C22H20BrF2O5PS2/c23-21-12-16(10-11-20(21)22(24,25)31(26,27)28)13-32-14-17-6-4-5-7-18(17)15-33(29,30)19-8-2-1-3-9-19/h1-12H,13-15H2,(H2,26,27,28). The molecular formula is C22H20BrF2O5PS2. The van der Waals surface area contributed by atoms with Crippen LogP contribution in [-0.4, -0.2) is 18.2 Å². The van der Waals surface area contributed by atoms with Crippen LogP contribution in [0.3, 0.4) is 0 Å². The van der Waals surface area contributed by atoms with E-state index >= 15 is 0 Å².